The highest BCUT2D eigenvalue weighted by Crippen LogP contribution is 2.25. The summed E-state index contributed by atoms with van der Waals surface area (Å²) in [5.74, 6) is 1.06. The second-order valence-corrected chi connectivity index (χ2v) is 6.01. The Morgan fingerprint density at radius 3 is 2.76 bits per heavy atom. The first-order valence-corrected chi connectivity index (χ1v) is 6.61. The molecule has 0 amide bonds. The van der Waals surface area contributed by atoms with Crippen LogP contribution in [0, 0.1) is 0 Å². The Labute approximate surface area is 107 Å². The maximum Gasteiger partial charge on any atom is 0.150 e. The molecule has 0 unspecified atom stereocenters. The minimum atomic E-state index is 0.118. The van der Waals surface area contributed by atoms with Crippen LogP contribution >= 0.6 is 11.3 Å². The van der Waals surface area contributed by atoms with Gasteiger partial charge < -0.3 is 9.47 Å². The zero-order valence-corrected chi connectivity index (χ0v) is 11.7. The van der Waals surface area contributed by atoms with Crippen LogP contribution < -0.4 is 0 Å². The van der Waals surface area contributed by atoms with E-state index < -0.39 is 0 Å². The molecule has 0 N–H and O–H groups in total. The van der Waals surface area contributed by atoms with E-state index in [2.05, 4.69) is 66.1 Å². The highest BCUT2D eigenvalue weighted by Gasteiger charge is 2.22. The normalized spacial score (nSPS) is 12.3. The molecular formula is C13H19N3S. The lowest BCUT2D eigenvalue weighted by molar-refractivity contribution is 0.170. The molecule has 0 aromatic carbocycles. The quantitative estimate of drug-likeness (QED) is 0.830. The van der Waals surface area contributed by atoms with E-state index in [4.69, 9.17) is 0 Å². The Hall–Kier alpha value is -1.13. The Morgan fingerprint density at radius 1 is 1.41 bits per heavy atom. The lowest BCUT2D eigenvalue weighted by Gasteiger charge is -2.33. The highest BCUT2D eigenvalue weighted by molar-refractivity contribution is 7.13. The van der Waals surface area contributed by atoms with Crippen molar-refractivity contribution in [2.75, 3.05) is 14.1 Å². The van der Waals surface area contributed by atoms with Crippen LogP contribution in [0.5, 0.6) is 0 Å². The van der Waals surface area contributed by atoms with Gasteiger partial charge in [-0.3, -0.25) is 0 Å². The Kier molecular flexibility index (Phi) is 3.35. The molecule has 0 aliphatic carbocycles. The van der Waals surface area contributed by atoms with Crippen molar-refractivity contribution in [3.8, 4) is 10.7 Å². The number of hydrogen-bond acceptors (Lipinski definition) is 3. The molecule has 0 atom stereocenters. The van der Waals surface area contributed by atoms with Crippen molar-refractivity contribution in [3.63, 3.8) is 0 Å². The zero-order chi connectivity index (χ0) is 12.5. The number of likely N-dealkylation sites (N-methyl/N-ethyl adjacent to an activating group) is 1. The molecule has 0 radical (unpaired) electrons. The van der Waals surface area contributed by atoms with Gasteiger partial charge in [-0.2, -0.15) is 0 Å². The summed E-state index contributed by atoms with van der Waals surface area (Å²) >= 11 is 1.73. The Balaban J connectivity index is 2.27. The third-order valence-corrected chi connectivity index (χ3v) is 4.09. The monoisotopic (exact) mass is 249 g/mol. The predicted octanol–water partition coefficient (Wildman–Crippen LogP) is 2.95. The summed E-state index contributed by atoms with van der Waals surface area (Å²) in [4.78, 5) is 7.92. The van der Waals surface area contributed by atoms with E-state index >= 15 is 0 Å². The van der Waals surface area contributed by atoms with Crippen LogP contribution in [0.15, 0.2) is 29.9 Å². The molecular weight excluding hydrogens is 230 g/mol. The van der Waals surface area contributed by atoms with Crippen molar-refractivity contribution in [1.82, 2.24) is 14.5 Å². The molecule has 0 fully saturated rings. The standard InChI is InChI=1S/C13H19N3S/c1-13(2,15(3)4)10-16-8-7-14-12(16)11-6-5-9-17-11/h5-9H,10H2,1-4H3. The van der Waals surface area contributed by atoms with Gasteiger partial charge in [0, 0.05) is 24.5 Å². The van der Waals surface area contributed by atoms with Crippen molar-refractivity contribution >= 4 is 11.3 Å². The zero-order valence-electron chi connectivity index (χ0n) is 10.8. The van der Waals surface area contributed by atoms with E-state index in [-0.39, 0.29) is 5.54 Å². The van der Waals surface area contributed by atoms with Gasteiger partial charge in [0.05, 0.1) is 4.88 Å². The number of rotatable bonds is 4. The topological polar surface area (TPSA) is 21.1 Å². The van der Waals surface area contributed by atoms with Gasteiger partial charge in [-0.15, -0.1) is 11.3 Å². The Bertz CT molecular complexity index is 469. The molecule has 3 nitrogen and oxygen atoms in total. The van der Waals surface area contributed by atoms with Gasteiger partial charge >= 0.3 is 0 Å². The molecule has 2 heterocycles. The fourth-order valence-corrected chi connectivity index (χ4v) is 2.36. The van der Waals surface area contributed by atoms with Crippen LogP contribution in [0.2, 0.25) is 0 Å². The van der Waals surface area contributed by atoms with E-state index in [1.54, 1.807) is 11.3 Å². The SMILES string of the molecule is CN(C)C(C)(C)Cn1ccnc1-c1cccs1. The van der Waals surface area contributed by atoms with Crippen molar-refractivity contribution in [2.45, 2.75) is 25.9 Å². The van der Waals surface area contributed by atoms with Gasteiger partial charge in [0.15, 0.2) is 0 Å². The van der Waals surface area contributed by atoms with Gasteiger partial charge in [-0.1, -0.05) is 6.07 Å². The molecule has 92 valence electrons. The first-order chi connectivity index (χ1) is 8.00. The smallest absolute Gasteiger partial charge is 0.150 e. The van der Waals surface area contributed by atoms with E-state index in [0.717, 1.165) is 12.4 Å². The van der Waals surface area contributed by atoms with Crippen LogP contribution in [0.4, 0.5) is 0 Å². The van der Waals surface area contributed by atoms with E-state index in [0.29, 0.717) is 0 Å². The fourth-order valence-electron chi connectivity index (χ4n) is 1.63. The summed E-state index contributed by atoms with van der Waals surface area (Å²) in [6, 6.07) is 4.18. The summed E-state index contributed by atoms with van der Waals surface area (Å²) in [5.41, 5.74) is 0.118. The lowest BCUT2D eigenvalue weighted by atomic mass is 10.0. The molecule has 0 spiro atoms. The van der Waals surface area contributed by atoms with E-state index in [1.165, 1.54) is 4.88 Å². The third kappa shape index (κ3) is 2.58. The minimum absolute atomic E-state index is 0.118. The summed E-state index contributed by atoms with van der Waals surface area (Å²) in [7, 11) is 4.23. The van der Waals surface area contributed by atoms with Crippen molar-refractivity contribution in [3.05, 3.63) is 29.9 Å². The third-order valence-electron chi connectivity index (χ3n) is 3.22. The summed E-state index contributed by atoms with van der Waals surface area (Å²) in [5, 5.41) is 2.09. The molecule has 0 bridgehead atoms. The van der Waals surface area contributed by atoms with Crippen LogP contribution in [-0.4, -0.2) is 34.1 Å². The molecule has 0 saturated carbocycles. The molecule has 0 aliphatic heterocycles. The molecule has 2 aromatic heterocycles. The van der Waals surface area contributed by atoms with Crippen LogP contribution in [-0.2, 0) is 6.54 Å². The number of imidazole rings is 1. The predicted molar refractivity (Wildman–Crippen MR) is 73.3 cm³/mol. The molecule has 17 heavy (non-hydrogen) atoms. The highest BCUT2D eigenvalue weighted by atomic mass is 32.1. The molecule has 0 aliphatic rings. The van der Waals surface area contributed by atoms with Crippen LogP contribution in [0.25, 0.3) is 10.7 Å². The average molecular weight is 249 g/mol. The van der Waals surface area contributed by atoms with Crippen LogP contribution in [0.3, 0.4) is 0 Å². The number of thiophene rings is 1. The molecule has 2 aromatic rings. The van der Waals surface area contributed by atoms with E-state index in [9.17, 15) is 0 Å². The molecule has 0 saturated heterocycles. The number of aromatic nitrogens is 2. The number of hydrogen-bond donors (Lipinski definition) is 0. The second-order valence-electron chi connectivity index (χ2n) is 5.06. The minimum Gasteiger partial charge on any atom is -0.328 e. The molecule has 4 heteroatoms. The first-order valence-electron chi connectivity index (χ1n) is 5.73. The summed E-state index contributed by atoms with van der Waals surface area (Å²) in [6.45, 7) is 5.42. The van der Waals surface area contributed by atoms with Crippen molar-refractivity contribution in [1.29, 1.82) is 0 Å². The van der Waals surface area contributed by atoms with Gasteiger partial charge in [-0.25, -0.2) is 4.98 Å². The van der Waals surface area contributed by atoms with Gasteiger partial charge in [0.2, 0.25) is 0 Å². The largest absolute Gasteiger partial charge is 0.328 e. The van der Waals surface area contributed by atoms with Crippen LogP contribution in [0.1, 0.15) is 13.8 Å². The summed E-state index contributed by atoms with van der Waals surface area (Å²) < 4.78 is 2.23. The maximum atomic E-state index is 4.46. The van der Waals surface area contributed by atoms with E-state index in [1.807, 2.05) is 6.20 Å². The number of nitrogens with zero attached hydrogens (tertiary/aromatic N) is 3. The van der Waals surface area contributed by atoms with Crippen molar-refractivity contribution < 1.29 is 0 Å². The van der Waals surface area contributed by atoms with Gasteiger partial charge in [0.25, 0.3) is 0 Å². The average Bonchev–Trinajstić information content (AvgIpc) is 2.85. The van der Waals surface area contributed by atoms with Gasteiger partial charge in [0.1, 0.15) is 5.82 Å². The van der Waals surface area contributed by atoms with Crippen molar-refractivity contribution in [2.24, 2.45) is 0 Å². The Morgan fingerprint density at radius 2 is 2.18 bits per heavy atom. The second kappa shape index (κ2) is 4.63. The maximum absolute atomic E-state index is 4.46. The molecule has 2 rings (SSSR count). The lowest BCUT2D eigenvalue weighted by Crippen LogP contribution is -2.42. The van der Waals surface area contributed by atoms with Gasteiger partial charge in [-0.05, 0) is 39.4 Å². The fraction of sp³-hybridized carbons (Fsp3) is 0.462. The summed E-state index contributed by atoms with van der Waals surface area (Å²) in [6.07, 6.45) is 3.93. The first kappa shape index (κ1) is 12.3.